The molecule has 0 saturated heterocycles. The molecule has 7 heteroatoms. The Bertz CT molecular complexity index is 1020. The molecule has 1 aromatic carbocycles. The fraction of sp³-hybridized carbons (Fsp3) is 0.333. The van der Waals surface area contributed by atoms with Gasteiger partial charge in [0, 0.05) is 17.5 Å². The number of fused-ring (bicyclic) bond motifs is 1. The smallest absolute Gasteiger partial charge is 0.264 e. The van der Waals surface area contributed by atoms with Crippen molar-refractivity contribution in [1.29, 1.82) is 0 Å². The molecule has 0 bridgehead atoms. The standard InChI is InChI=1S/C21H22N2O4S/c1-12-9-18(27-22-12)20-15-11-17(26-4)16(25-3)10-14(15)7-8-23(20)21(24)19-6-5-13(2)28-19/h5-6,9-11,20H,7-8H2,1-4H3/t20-/m0/s1. The number of hydrogen-bond acceptors (Lipinski definition) is 6. The molecule has 146 valence electrons. The lowest BCUT2D eigenvalue weighted by molar-refractivity contribution is 0.0674. The quantitative estimate of drug-likeness (QED) is 0.660. The zero-order valence-corrected chi connectivity index (χ0v) is 17.1. The molecule has 0 spiro atoms. The number of amides is 1. The molecule has 0 radical (unpaired) electrons. The molecule has 0 fully saturated rings. The molecule has 0 N–H and O–H groups in total. The summed E-state index contributed by atoms with van der Waals surface area (Å²) in [6.07, 6.45) is 0.732. The first-order valence-corrected chi connectivity index (χ1v) is 9.89. The van der Waals surface area contributed by atoms with Crippen molar-refractivity contribution in [2.45, 2.75) is 26.3 Å². The first kappa shape index (κ1) is 18.6. The summed E-state index contributed by atoms with van der Waals surface area (Å²) < 4.78 is 16.6. The van der Waals surface area contributed by atoms with Crippen molar-refractivity contribution in [3.63, 3.8) is 0 Å². The maximum atomic E-state index is 13.3. The zero-order chi connectivity index (χ0) is 19.8. The number of hydrogen-bond donors (Lipinski definition) is 0. The minimum Gasteiger partial charge on any atom is -0.493 e. The molecule has 0 unspecified atom stereocenters. The van der Waals surface area contributed by atoms with Crippen LogP contribution in [-0.4, -0.2) is 36.7 Å². The monoisotopic (exact) mass is 398 g/mol. The molecule has 1 atom stereocenters. The second-order valence-corrected chi connectivity index (χ2v) is 8.13. The summed E-state index contributed by atoms with van der Waals surface area (Å²) >= 11 is 1.50. The van der Waals surface area contributed by atoms with Crippen LogP contribution in [-0.2, 0) is 6.42 Å². The van der Waals surface area contributed by atoms with E-state index in [0.29, 0.717) is 23.8 Å². The number of aromatic nitrogens is 1. The molecule has 3 heterocycles. The van der Waals surface area contributed by atoms with Crippen molar-refractivity contribution >= 4 is 17.2 Å². The van der Waals surface area contributed by atoms with Crippen LogP contribution < -0.4 is 9.47 Å². The van der Waals surface area contributed by atoms with E-state index in [-0.39, 0.29) is 11.9 Å². The number of thiophene rings is 1. The molecular formula is C21H22N2O4S. The number of methoxy groups -OCH3 is 2. The van der Waals surface area contributed by atoms with Gasteiger partial charge in [0.05, 0.1) is 24.8 Å². The van der Waals surface area contributed by atoms with Crippen molar-refractivity contribution in [2.75, 3.05) is 20.8 Å². The first-order chi connectivity index (χ1) is 13.5. The highest BCUT2D eigenvalue weighted by atomic mass is 32.1. The van der Waals surface area contributed by atoms with Crippen molar-refractivity contribution < 1.29 is 18.8 Å². The molecule has 1 aliphatic rings. The van der Waals surface area contributed by atoms with E-state index >= 15 is 0 Å². The molecular weight excluding hydrogens is 376 g/mol. The topological polar surface area (TPSA) is 64.8 Å². The van der Waals surface area contributed by atoms with Gasteiger partial charge in [-0.05, 0) is 55.7 Å². The van der Waals surface area contributed by atoms with E-state index in [1.54, 1.807) is 14.2 Å². The van der Waals surface area contributed by atoms with E-state index in [0.717, 1.165) is 33.0 Å². The highest BCUT2D eigenvalue weighted by molar-refractivity contribution is 7.13. The number of benzene rings is 1. The van der Waals surface area contributed by atoms with Gasteiger partial charge < -0.3 is 18.9 Å². The average molecular weight is 398 g/mol. The minimum absolute atomic E-state index is 0.00223. The van der Waals surface area contributed by atoms with Gasteiger partial charge in [-0.25, -0.2) is 0 Å². The Balaban J connectivity index is 1.84. The highest BCUT2D eigenvalue weighted by Crippen LogP contribution is 2.42. The maximum absolute atomic E-state index is 13.3. The third-order valence-electron chi connectivity index (χ3n) is 5.00. The Morgan fingerprint density at radius 3 is 2.54 bits per heavy atom. The Morgan fingerprint density at radius 1 is 1.18 bits per heavy atom. The van der Waals surface area contributed by atoms with Gasteiger partial charge in [0.15, 0.2) is 17.3 Å². The summed E-state index contributed by atoms with van der Waals surface area (Å²) in [5.74, 6) is 1.95. The van der Waals surface area contributed by atoms with Crippen molar-refractivity contribution in [1.82, 2.24) is 10.1 Å². The van der Waals surface area contributed by atoms with Gasteiger partial charge in [-0.2, -0.15) is 0 Å². The van der Waals surface area contributed by atoms with Gasteiger partial charge in [0.25, 0.3) is 5.91 Å². The number of rotatable bonds is 4. The van der Waals surface area contributed by atoms with E-state index in [4.69, 9.17) is 14.0 Å². The molecule has 3 aromatic rings. The molecule has 6 nitrogen and oxygen atoms in total. The number of ether oxygens (including phenoxy) is 2. The van der Waals surface area contributed by atoms with E-state index in [1.165, 1.54) is 11.3 Å². The minimum atomic E-state index is -0.361. The molecule has 28 heavy (non-hydrogen) atoms. The van der Waals surface area contributed by atoms with Crippen molar-refractivity contribution in [3.05, 3.63) is 62.7 Å². The Labute approximate surface area is 167 Å². The predicted octanol–water partition coefficient (Wildman–Crippen LogP) is 4.16. The lowest BCUT2D eigenvalue weighted by Crippen LogP contribution is -2.40. The lowest BCUT2D eigenvalue weighted by atomic mass is 9.90. The Morgan fingerprint density at radius 2 is 1.93 bits per heavy atom. The molecule has 1 aliphatic heterocycles. The van der Waals surface area contributed by atoms with E-state index < -0.39 is 0 Å². The van der Waals surface area contributed by atoms with Gasteiger partial charge in [-0.1, -0.05) is 5.16 Å². The van der Waals surface area contributed by atoms with Crippen LogP contribution in [0.15, 0.2) is 34.9 Å². The van der Waals surface area contributed by atoms with Crippen molar-refractivity contribution in [2.24, 2.45) is 0 Å². The van der Waals surface area contributed by atoms with Crippen LogP contribution in [0.25, 0.3) is 0 Å². The summed E-state index contributed by atoms with van der Waals surface area (Å²) in [6, 6.07) is 9.31. The fourth-order valence-electron chi connectivity index (χ4n) is 3.67. The average Bonchev–Trinajstić information content (AvgIpc) is 3.33. The van der Waals surface area contributed by atoms with Gasteiger partial charge in [-0.3, -0.25) is 4.79 Å². The SMILES string of the molecule is COc1cc2c(cc1OC)[C@@H](c1cc(C)no1)N(C(=O)c1ccc(C)s1)CC2. The van der Waals surface area contributed by atoms with Gasteiger partial charge in [-0.15, -0.1) is 11.3 Å². The van der Waals surface area contributed by atoms with Crippen LogP contribution >= 0.6 is 11.3 Å². The van der Waals surface area contributed by atoms with E-state index in [1.807, 2.05) is 49.1 Å². The zero-order valence-electron chi connectivity index (χ0n) is 16.3. The van der Waals surface area contributed by atoms with Crippen LogP contribution in [0.2, 0.25) is 0 Å². The largest absolute Gasteiger partial charge is 0.493 e. The van der Waals surface area contributed by atoms with Gasteiger partial charge in [0.2, 0.25) is 0 Å². The summed E-state index contributed by atoms with van der Waals surface area (Å²) in [7, 11) is 3.23. The van der Waals surface area contributed by atoms with Gasteiger partial charge in [0.1, 0.15) is 6.04 Å². The predicted molar refractivity (Wildman–Crippen MR) is 106 cm³/mol. The molecule has 1 amide bonds. The molecule has 2 aromatic heterocycles. The second kappa shape index (κ2) is 7.31. The summed E-state index contributed by atoms with van der Waals surface area (Å²) in [5.41, 5.74) is 2.87. The normalized spacial score (nSPS) is 16.0. The first-order valence-electron chi connectivity index (χ1n) is 9.07. The lowest BCUT2D eigenvalue weighted by Gasteiger charge is -2.36. The van der Waals surface area contributed by atoms with E-state index in [9.17, 15) is 4.79 Å². The van der Waals surface area contributed by atoms with Crippen molar-refractivity contribution in [3.8, 4) is 11.5 Å². The maximum Gasteiger partial charge on any atom is 0.264 e. The fourth-order valence-corrected chi connectivity index (χ4v) is 4.50. The number of aryl methyl sites for hydroxylation is 2. The van der Waals surface area contributed by atoms with Crippen LogP contribution in [0, 0.1) is 13.8 Å². The Kier molecular flexibility index (Phi) is 4.85. The summed E-state index contributed by atoms with van der Waals surface area (Å²) in [4.78, 5) is 17.0. The molecule has 0 aliphatic carbocycles. The summed E-state index contributed by atoms with van der Waals surface area (Å²) in [5, 5.41) is 4.05. The summed E-state index contributed by atoms with van der Waals surface area (Å²) in [6.45, 7) is 4.46. The molecule has 0 saturated carbocycles. The highest BCUT2D eigenvalue weighted by Gasteiger charge is 2.36. The third kappa shape index (κ3) is 3.16. The van der Waals surface area contributed by atoms with Gasteiger partial charge >= 0.3 is 0 Å². The van der Waals surface area contributed by atoms with Crippen LogP contribution in [0.5, 0.6) is 11.5 Å². The Hall–Kier alpha value is -2.80. The number of carbonyl (C=O) groups is 1. The van der Waals surface area contributed by atoms with Crippen LogP contribution in [0.3, 0.4) is 0 Å². The van der Waals surface area contributed by atoms with Crippen LogP contribution in [0.4, 0.5) is 0 Å². The molecule has 4 rings (SSSR count). The number of nitrogens with zero attached hydrogens (tertiary/aromatic N) is 2. The number of carbonyl (C=O) groups excluding carboxylic acids is 1. The second-order valence-electron chi connectivity index (χ2n) is 6.84. The third-order valence-corrected chi connectivity index (χ3v) is 5.99. The van der Waals surface area contributed by atoms with E-state index in [2.05, 4.69) is 5.16 Å². The van der Waals surface area contributed by atoms with Crippen LogP contribution in [0.1, 0.15) is 43.2 Å².